The van der Waals surface area contributed by atoms with Crippen molar-refractivity contribution in [2.45, 2.75) is 44.3 Å². The number of nitrogens with one attached hydrogen (secondary N) is 1. The average Bonchev–Trinajstić information content (AvgIpc) is 3.65. The number of ether oxygens (including phenoxy) is 1. The minimum atomic E-state index is -3.30. The van der Waals surface area contributed by atoms with Crippen LogP contribution < -0.4 is 20.9 Å². The van der Waals surface area contributed by atoms with Crippen LogP contribution >= 0.6 is 0 Å². The number of alkyl halides is 2. The number of aromatic nitrogens is 2. The van der Waals surface area contributed by atoms with E-state index in [0.717, 1.165) is 12.8 Å². The number of hydrogen-bond acceptors (Lipinski definition) is 6. The van der Waals surface area contributed by atoms with Crippen LogP contribution in [0.5, 0.6) is 5.75 Å². The van der Waals surface area contributed by atoms with E-state index in [4.69, 9.17) is 4.74 Å². The third kappa shape index (κ3) is 2.97. The van der Waals surface area contributed by atoms with Gasteiger partial charge in [-0.25, -0.2) is 18.0 Å². The molecule has 2 heterocycles. The molecule has 3 fully saturated rings. The highest BCUT2D eigenvalue weighted by Crippen LogP contribution is 2.59. The zero-order chi connectivity index (χ0) is 22.9. The van der Waals surface area contributed by atoms with E-state index in [-0.39, 0.29) is 47.4 Å². The second kappa shape index (κ2) is 7.24. The molecule has 3 N–H and O–H groups in total. The Kier molecular flexibility index (Phi) is 4.82. The summed E-state index contributed by atoms with van der Waals surface area (Å²) >= 11 is 0. The standard InChI is InChI=1S/C21H24F3N3O5/c1-32-17-15-13(19(30)25-20(31)27(15)9-2-3-9)12(18(23)24)14(22)16(17)26-6-10(11(29)7-28)21(8-26)4-5-21/h9-11,18,28-29H,2-8H2,1H3,(H,25,30,31). The molecule has 8 nitrogen and oxygen atoms in total. The minimum Gasteiger partial charge on any atom is -0.492 e. The van der Waals surface area contributed by atoms with Gasteiger partial charge in [-0.2, -0.15) is 0 Å². The molecule has 0 amide bonds. The first-order valence-electron chi connectivity index (χ1n) is 10.6. The molecule has 0 radical (unpaired) electrons. The lowest BCUT2D eigenvalue weighted by atomic mass is 9.88. The summed E-state index contributed by atoms with van der Waals surface area (Å²) in [6, 6.07) is -0.295. The molecule has 1 aliphatic heterocycles. The van der Waals surface area contributed by atoms with Crippen LogP contribution in [0.2, 0.25) is 0 Å². The fraction of sp³-hybridized carbons (Fsp3) is 0.619. The van der Waals surface area contributed by atoms with E-state index >= 15 is 4.39 Å². The van der Waals surface area contributed by atoms with E-state index in [0.29, 0.717) is 12.8 Å². The maximum atomic E-state index is 15.7. The largest absolute Gasteiger partial charge is 0.492 e. The second-order valence-electron chi connectivity index (χ2n) is 9.09. The lowest BCUT2D eigenvalue weighted by Gasteiger charge is -2.26. The van der Waals surface area contributed by atoms with Crippen LogP contribution in [0.15, 0.2) is 9.59 Å². The quantitative estimate of drug-likeness (QED) is 0.612. The van der Waals surface area contributed by atoms with Crippen LogP contribution in [0.4, 0.5) is 18.9 Å². The van der Waals surface area contributed by atoms with Crippen LogP contribution in [0.1, 0.15) is 43.7 Å². The van der Waals surface area contributed by atoms with E-state index < -0.39 is 47.2 Å². The molecule has 1 aromatic heterocycles. The summed E-state index contributed by atoms with van der Waals surface area (Å²) < 4.78 is 50.6. The molecule has 2 saturated carbocycles. The molecular weight excluding hydrogens is 431 g/mol. The maximum absolute atomic E-state index is 15.7. The Morgan fingerprint density at radius 3 is 2.50 bits per heavy atom. The van der Waals surface area contributed by atoms with E-state index in [1.54, 1.807) is 4.90 Å². The van der Waals surface area contributed by atoms with Crippen LogP contribution in [0.3, 0.4) is 0 Å². The van der Waals surface area contributed by atoms with Crippen molar-refractivity contribution >= 4 is 16.6 Å². The number of nitrogens with zero attached hydrogens (tertiary/aromatic N) is 2. The van der Waals surface area contributed by atoms with Crippen molar-refractivity contribution in [1.82, 2.24) is 9.55 Å². The number of H-pyrrole nitrogens is 1. The summed E-state index contributed by atoms with van der Waals surface area (Å²) in [7, 11) is 1.24. The number of anilines is 1. The van der Waals surface area contributed by atoms with Crippen LogP contribution in [-0.2, 0) is 0 Å². The monoisotopic (exact) mass is 455 g/mol. The predicted octanol–water partition coefficient (Wildman–Crippen LogP) is 1.68. The van der Waals surface area contributed by atoms with E-state index in [1.165, 1.54) is 11.7 Å². The minimum absolute atomic E-state index is 0.125. The lowest BCUT2D eigenvalue weighted by Crippen LogP contribution is -2.33. The first-order chi connectivity index (χ1) is 15.2. The number of aromatic amines is 1. The van der Waals surface area contributed by atoms with Gasteiger partial charge in [0.1, 0.15) is 11.2 Å². The number of rotatable bonds is 6. The van der Waals surface area contributed by atoms with Gasteiger partial charge >= 0.3 is 5.69 Å². The highest BCUT2D eigenvalue weighted by molar-refractivity contribution is 5.94. The molecule has 5 rings (SSSR count). The van der Waals surface area contributed by atoms with Crippen molar-refractivity contribution in [2.24, 2.45) is 11.3 Å². The molecule has 11 heteroatoms. The number of hydrogen-bond donors (Lipinski definition) is 3. The first kappa shape index (κ1) is 21.3. The molecule has 2 aromatic rings. The average molecular weight is 455 g/mol. The van der Waals surface area contributed by atoms with E-state index in [9.17, 15) is 28.6 Å². The fourth-order valence-electron chi connectivity index (χ4n) is 5.34. The lowest BCUT2D eigenvalue weighted by molar-refractivity contribution is 0.0335. The molecule has 3 aliphatic rings. The van der Waals surface area contributed by atoms with Gasteiger partial charge in [0.25, 0.3) is 12.0 Å². The second-order valence-corrected chi connectivity index (χ2v) is 9.09. The van der Waals surface area contributed by atoms with E-state index in [1.807, 2.05) is 4.98 Å². The summed E-state index contributed by atoms with van der Waals surface area (Å²) in [5.41, 5.74) is -3.63. The van der Waals surface area contributed by atoms with Crippen LogP contribution in [-0.4, -0.2) is 52.7 Å². The van der Waals surface area contributed by atoms with Gasteiger partial charge in [0.05, 0.1) is 30.8 Å². The molecule has 1 spiro atoms. The zero-order valence-corrected chi connectivity index (χ0v) is 17.4. The normalized spacial score (nSPS) is 22.8. The van der Waals surface area contributed by atoms with Gasteiger partial charge in [0.2, 0.25) is 0 Å². The zero-order valence-electron chi connectivity index (χ0n) is 17.4. The van der Waals surface area contributed by atoms with Gasteiger partial charge < -0.3 is 19.8 Å². The number of benzene rings is 1. The van der Waals surface area contributed by atoms with Crippen molar-refractivity contribution in [3.63, 3.8) is 0 Å². The third-order valence-electron chi connectivity index (χ3n) is 7.19. The van der Waals surface area contributed by atoms with Crippen molar-refractivity contribution in [1.29, 1.82) is 0 Å². The Labute approximate surface area is 180 Å². The van der Waals surface area contributed by atoms with Crippen LogP contribution in [0, 0.1) is 17.2 Å². The van der Waals surface area contributed by atoms with Gasteiger partial charge in [-0.1, -0.05) is 0 Å². The molecule has 2 atom stereocenters. The number of halogens is 3. The molecule has 0 bridgehead atoms. The summed E-state index contributed by atoms with van der Waals surface area (Å²) in [6.45, 7) is -0.0520. The van der Waals surface area contributed by atoms with Gasteiger partial charge in [0.15, 0.2) is 11.6 Å². The smallest absolute Gasteiger partial charge is 0.329 e. The highest BCUT2D eigenvalue weighted by atomic mass is 19.3. The molecule has 1 saturated heterocycles. The Balaban J connectivity index is 1.81. The molecule has 174 valence electrons. The van der Waals surface area contributed by atoms with Gasteiger partial charge in [-0.05, 0) is 31.1 Å². The Bertz CT molecular complexity index is 1200. The summed E-state index contributed by atoms with van der Waals surface area (Å²) in [5, 5.41) is 19.2. The maximum Gasteiger partial charge on any atom is 0.329 e. The number of fused-ring (bicyclic) bond motifs is 1. The molecule has 2 aliphatic carbocycles. The fourth-order valence-corrected chi connectivity index (χ4v) is 5.34. The van der Waals surface area contributed by atoms with Gasteiger partial charge in [-0.3, -0.25) is 14.3 Å². The summed E-state index contributed by atoms with van der Waals surface area (Å²) in [5.74, 6) is -1.79. The highest BCUT2D eigenvalue weighted by Gasteiger charge is 2.57. The number of aliphatic hydroxyl groups excluding tert-OH is 2. The first-order valence-corrected chi connectivity index (χ1v) is 10.6. The Morgan fingerprint density at radius 2 is 1.97 bits per heavy atom. The molecule has 2 unspecified atom stereocenters. The van der Waals surface area contributed by atoms with E-state index in [2.05, 4.69) is 0 Å². The topological polar surface area (TPSA) is 108 Å². The van der Waals surface area contributed by atoms with Crippen molar-refractivity contribution < 1.29 is 28.1 Å². The van der Waals surface area contributed by atoms with Gasteiger partial charge in [-0.15, -0.1) is 0 Å². The molecular formula is C21H24F3N3O5. The summed E-state index contributed by atoms with van der Waals surface area (Å²) in [4.78, 5) is 28.7. The molecule has 32 heavy (non-hydrogen) atoms. The SMILES string of the molecule is COc1c(N2CC(C(O)CO)C3(CC3)C2)c(F)c(C(F)F)c2c(=O)[nH]c(=O)n(C3CC3)c12. The van der Waals surface area contributed by atoms with Crippen molar-refractivity contribution in [3.05, 3.63) is 32.2 Å². The summed E-state index contributed by atoms with van der Waals surface area (Å²) in [6.07, 6.45) is -1.56. The predicted molar refractivity (Wildman–Crippen MR) is 109 cm³/mol. The molecule has 1 aromatic carbocycles. The van der Waals surface area contributed by atoms with Crippen molar-refractivity contribution in [3.8, 4) is 5.75 Å². The Morgan fingerprint density at radius 1 is 1.28 bits per heavy atom. The number of aliphatic hydroxyl groups is 2. The third-order valence-corrected chi connectivity index (χ3v) is 7.19. The van der Waals surface area contributed by atoms with Gasteiger partial charge in [0, 0.05) is 25.0 Å². The Hall–Kier alpha value is -2.53. The van der Waals surface area contributed by atoms with Crippen molar-refractivity contribution in [2.75, 3.05) is 31.7 Å². The number of methoxy groups -OCH3 is 1. The van der Waals surface area contributed by atoms with Crippen LogP contribution in [0.25, 0.3) is 10.9 Å².